The number of allylic oxidation sites excluding steroid dienone is 1. The van der Waals surface area contributed by atoms with Crippen LogP contribution in [0, 0.1) is 5.92 Å². The largest absolute Gasteiger partial charge is 0.550 e. The minimum atomic E-state index is -1.01. The molecule has 1 unspecified atom stereocenters. The summed E-state index contributed by atoms with van der Waals surface area (Å²) in [5, 5.41) is 9.96. The average Bonchev–Trinajstić information content (AvgIpc) is 1.63. The lowest BCUT2D eigenvalue weighted by Gasteiger charge is -2.10. The van der Waals surface area contributed by atoms with E-state index in [4.69, 9.17) is 0 Å². The van der Waals surface area contributed by atoms with Gasteiger partial charge in [0.05, 0.1) is 0 Å². The zero-order valence-electron chi connectivity index (χ0n) is 5.81. The summed E-state index contributed by atoms with van der Waals surface area (Å²) in [5.74, 6) is -0.972. The first kappa shape index (κ1) is 8.21. The van der Waals surface area contributed by atoms with Gasteiger partial charge in [0.25, 0.3) is 0 Å². The molecular formula is C7H11O2-. The molecule has 0 amide bonds. The molecule has 0 aliphatic rings. The van der Waals surface area contributed by atoms with Gasteiger partial charge < -0.3 is 9.90 Å². The quantitative estimate of drug-likeness (QED) is 0.513. The first-order valence-electron chi connectivity index (χ1n) is 2.89. The molecule has 0 saturated heterocycles. The Morgan fingerprint density at radius 1 is 1.78 bits per heavy atom. The smallest absolute Gasteiger partial charge is 0.0420 e. The summed E-state index contributed by atoms with van der Waals surface area (Å²) in [6, 6.07) is 0. The molecule has 0 radical (unpaired) electrons. The Bertz CT molecular complexity index is 127. The van der Waals surface area contributed by atoms with Crippen LogP contribution in [0.25, 0.3) is 0 Å². The molecule has 0 aromatic heterocycles. The fraction of sp³-hybridized carbons (Fsp3) is 0.571. The number of carbonyl (C=O) groups is 1. The highest BCUT2D eigenvalue weighted by Gasteiger charge is 2.00. The third-order valence-corrected chi connectivity index (χ3v) is 1.31. The zero-order valence-corrected chi connectivity index (χ0v) is 5.81. The van der Waals surface area contributed by atoms with Gasteiger partial charge in [0.1, 0.15) is 0 Å². The molecule has 0 rings (SSSR count). The summed E-state index contributed by atoms with van der Waals surface area (Å²) in [6.45, 7) is 7.25. The van der Waals surface area contributed by atoms with Crippen LogP contribution in [0.3, 0.4) is 0 Å². The van der Waals surface area contributed by atoms with Crippen LogP contribution in [-0.2, 0) is 4.79 Å². The van der Waals surface area contributed by atoms with Gasteiger partial charge in [-0.25, -0.2) is 0 Å². The summed E-state index contributed by atoms with van der Waals surface area (Å²) < 4.78 is 0. The molecule has 9 heavy (non-hydrogen) atoms. The minimum absolute atomic E-state index is 0.0370. The van der Waals surface area contributed by atoms with Crippen LogP contribution in [-0.4, -0.2) is 5.97 Å². The van der Waals surface area contributed by atoms with E-state index in [-0.39, 0.29) is 12.3 Å². The van der Waals surface area contributed by atoms with E-state index in [0.29, 0.717) is 0 Å². The SMILES string of the molecule is C=C(C)C(C)CC(=O)[O-]. The second kappa shape index (κ2) is 3.28. The number of aliphatic carboxylic acids is 1. The highest BCUT2D eigenvalue weighted by atomic mass is 16.4. The lowest BCUT2D eigenvalue weighted by Crippen LogP contribution is -2.24. The molecule has 0 saturated carbocycles. The molecule has 0 fully saturated rings. The topological polar surface area (TPSA) is 40.1 Å². The van der Waals surface area contributed by atoms with E-state index in [1.54, 1.807) is 0 Å². The molecule has 1 atom stereocenters. The molecule has 0 heterocycles. The Kier molecular flexibility index (Phi) is 2.99. The van der Waals surface area contributed by atoms with Crippen LogP contribution < -0.4 is 5.11 Å². The molecule has 2 nitrogen and oxygen atoms in total. The van der Waals surface area contributed by atoms with E-state index in [1.165, 1.54) is 0 Å². The first-order chi connectivity index (χ1) is 4.04. The van der Waals surface area contributed by atoms with E-state index >= 15 is 0 Å². The fourth-order valence-corrected chi connectivity index (χ4v) is 0.424. The van der Waals surface area contributed by atoms with Crippen molar-refractivity contribution in [3.05, 3.63) is 12.2 Å². The highest BCUT2D eigenvalue weighted by molar-refractivity contribution is 5.64. The lowest BCUT2D eigenvalue weighted by atomic mass is 10.0. The van der Waals surface area contributed by atoms with E-state index < -0.39 is 5.97 Å². The molecule has 0 bridgehead atoms. The average molecular weight is 127 g/mol. The van der Waals surface area contributed by atoms with E-state index in [9.17, 15) is 9.90 Å². The number of carbonyl (C=O) groups excluding carboxylic acids is 1. The van der Waals surface area contributed by atoms with Gasteiger partial charge >= 0.3 is 0 Å². The number of carboxylic acid groups (broad SMARTS) is 1. The van der Waals surface area contributed by atoms with Crippen molar-refractivity contribution >= 4 is 5.97 Å². The third kappa shape index (κ3) is 3.76. The number of carboxylic acids is 1. The lowest BCUT2D eigenvalue weighted by molar-refractivity contribution is -0.306. The van der Waals surface area contributed by atoms with Gasteiger partial charge in [0, 0.05) is 5.97 Å². The third-order valence-electron chi connectivity index (χ3n) is 1.31. The van der Waals surface area contributed by atoms with Crippen molar-refractivity contribution in [1.29, 1.82) is 0 Å². The summed E-state index contributed by atoms with van der Waals surface area (Å²) in [6.07, 6.45) is 0.0787. The van der Waals surface area contributed by atoms with Crippen LogP contribution in [0.4, 0.5) is 0 Å². The number of hydrogen-bond acceptors (Lipinski definition) is 2. The van der Waals surface area contributed by atoms with Gasteiger partial charge in [0.2, 0.25) is 0 Å². The summed E-state index contributed by atoms with van der Waals surface area (Å²) in [7, 11) is 0. The van der Waals surface area contributed by atoms with Crippen molar-refractivity contribution in [3.8, 4) is 0 Å². The number of rotatable bonds is 3. The molecule has 0 aromatic rings. The summed E-state index contributed by atoms with van der Waals surface area (Å²) in [4.78, 5) is 9.96. The first-order valence-corrected chi connectivity index (χ1v) is 2.89. The van der Waals surface area contributed by atoms with Gasteiger partial charge in [-0.15, -0.1) is 0 Å². The minimum Gasteiger partial charge on any atom is -0.550 e. The Hall–Kier alpha value is -0.790. The van der Waals surface area contributed by atoms with Crippen molar-refractivity contribution in [2.45, 2.75) is 20.3 Å². The molecule has 0 N–H and O–H groups in total. The maximum atomic E-state index is 9.96. The fourth-order valence-electron chi connectivity index (χ4n) is 0.424. The Morgan fingerprint density at radius 3 is 2.33 bits per heavy atom. The predicted octanol–water partition coefficient (Wildman–Crippen LogP) is 0.339. The van der Waals surface area contributed by atoms with Crippen LogP contribution in [0.1, 0.15) is 20.3 Å². The maximum absolute atomic E-state index is 9.96. The van der Waals surface area contributed by atoms with Crippen LogP contribution in [0.2, 0.25) is 0 Å². The molecule has 2 heteroatoms. The second-order valence-electron chi connectivity index (χ2n) is 2.32. The summed E-state index contributed by atoms with van der Waals surface area (Å²) in [5.41, 5.74) is 0.888. The van der Waals surface area contributed by atoms with E-state index in [2.05, 4.69) is 6.58 Å². The van der Waals surface area contributed by atoms with E-state index in [1.807, 2.05) is 13.8 Å². The van der Waals surface area contributed by atoms with Gasteiger partial charge in [-0.2, -0.15) is 0 Å². The predicted molar refractivity (Wildman–Crippen MR) is 33.6 cm³/mol. The van der Waals surface area contributed by atoms with Crippen molar-refractivity contribution in [2.75, 3.05) is 0 Å². The monoisotopic (exact) mass is 127 g/mol. The molecule has 52 valence electrons. The highest BCUT2D eigenvalue weighted by Crippen LogP contribution is 2.09. The van der Waals surface area contributed by atoms with Crippen LogP contribution in [0.5, 0.6) is 0 Å². The molecule has 0 aliphatic heterocycles. The second-order valence-corrected chi connectivity index (χ2v) is 2.32. The zero-order chi connectivity index (χ0) is 7.44. The standard InChI is InChI=1S/C7H12O2/c1-5(2)6(3)4-7(8)9/h6H,1,4H2,2-3H3,(H,8,9)/p-1. The van der Waals surface area contributed by atoms with Crippen LogP contribution >= 0.6 is 0 Å². The normalized spacial score (nSPS) is 12.7. The maximum Gasteiger partial charge on any atom is 0.0420 e. The van der Waals surface area contributed by atoms with Gasteiger partial charge in [-0.05, 0) is 19.3 Å². The van der Waals surface area contributed by atoms with Crippen molar-refractivity contribution < 1.29 is 9.90 Å². The Labute approximate surface area is 55.2 Å². The van der Waals surface area contributed by atoms with Gasteiger partial charge in [-0.3, -0.25) is 0 Å². The van der Waals surface area contributed by atoms with Gasteiger partial charge in [0.15, 0.2) is 0 Å². The van der Waals surface area contributed by atoms with Crippen molar-refractivity contribution in [1.82, 2.24) is 0 Å². The molecule has 0 aliphatic carbocycles. The Balaban J connectivity index is 3.63. The van der Waals surface area contributed by atoms with Gasteiger partial charge in [-0.1, -0.05) is 19.1 Å². The number of hydrogen-bond donors (Lipinski definition) is 0. The Morgan fingerprint density at radius 2 is 2.22 bits per heavy atom. The van der Waals surface area contributed by atoms with Crippen molar-refractivity contribution in [3.63, 3.8) is 0 Å². The molecule has 0 spiro atoms. The van der Waals surface area contributed by atoms with Crippen molar-refractivity contribution in [2.24, 2.45) is 5.92 Å². The molecule has 0 aromatic carbocycles. The summed E-state index contributed by atoms with van der Waals surface area (Å²) >= 11 is 0. The molecular weight excluding hydrogens is 116 g/mol. The van der Waals surface area contributed by atoms with E-state index in [0.717, 1.165) is 5.57 Å². The van der Waals surface area contributed by atoms with Crippen LogP contribution in [0.15, 0.2) is 12.2 Å².